The number of anilines is 3. The number of H-pyrrole nitrogens is 1. The number of imidazole rings is 1. The van der Waals surface area contributed by atoms with E-state index in [4.69, 9.17) is 10.7 Å². The maximum absolute atomic E-state index is 14.7. The fraction of sp³-hybridized carbons (Fsp3) is 0.231. The summed E-state index contributed by atoms with van der Waals surface area (Å²) in [5, 5.41) is 5.08. The molecule has 0 aliphatic rings. The van der Waals surface area contributed by atoms with Crippen molar-refractivity contribution in [3.8, 4) is 22.6 Å². The van der Waals surface area contributed by atoms with Crippen molar-refractivity contribution < 1.29 is 17.6 Å². The number of nitrogens with zero attached hydrogens (tertiary/aromatic N) is 3. The minimum absolute atomic E-state index is 0.0323. The topological polar surface area (TPSA) is 156 Å². The summed E-state index contributed by atoms with van der Waals surface area (Å²) < 4.78 is 38.7. The van der Waals surface area contributed by atoms with Gasteiger partial charge in [0.25, 0.3) is 0 Å². The van der Waals surface area contributed by atoms with Crippen LogP contribution in [-0.2, 0) is 15.3 Å². The molecular formula is C26H28FN7O3S. The molecule has 0 spiro atoms. The zero-order chi connectivity index (χ0) is 27.7. The molecule has 2 heterocycles. The number of nitrogen functional groups attached to an aromatic ring is 1. The second-order valence-electron chi connectivity index (χ2n) is 9.56. The van der Waals surface area contributed by atoms with E-state index < -0.39 is 21.7 Å². The first-order chi connectivity index (χ1) is 17.9. The summed E-state index contributed by atoms with van der Waals surface area (Å²) in [6, 6.07) is 11.0. The van der Waals surface area contributed by atoms with Gasteiger partial charge in [0.2, 0.25) is 5.95 Å². The van der Waals surface area contributed by atoms with Crippen LogP contribution in [0.15, 0.2) is 59.6 Å². The molecule has 38 heavy (non-hydrogen) atoms. The molecule has 0 bridgehead atoms. The number of benzene rings is 2. The summed E-state index contributed by atoms with van der Waals surface area (Å²) in [5.74, 6) is 0.103. The molecule has 5 N–H and O–H groups in total. The van der Waals surface area contributed by atoms with Gasteiger partial charge in [-0.1, -0.05) is 27.7 Å². The average Bonchev–Trinajstić information content (AvgIpc) is 3.32. The normalized spacial score (nSPS) is 11.8. The van der Waals surface area contributed by atoms with Crippen molar-refractivity contribution in [2.24, 2.45) is 0 Å². The van der Waals surface area contributed by atoms with Crippen molar-refractivity contribution >= 4 is 33.2 Å². The average molecular weight is 538 g/mol. The molecule has 0 aliphatic heterocycles. The summed E-state index contributed by atoms with van der Waals surface area (Å²) in [5.41, 5.74) is 7.87. The molecule has 2 amide bonds. The lowest BCUT2D eigenvalue weighted by atomic mass is 9.96. The fourth-order valence-corrected chi connectivity index (χ4v) is 4.49. The predicted octanol–water partition coefficient (Wildman–Crippen LogP) is 4.99. The van der Waals surface area contributed by atoms with E-state index in [-0.39, 0.29) is 27.7 Å². The maximum Gasteiger partial charge on any atom is 0.323 e. The molecule has 4 rings (SSSR count). The smallest absolute Gasteiger partial charge is 0.323 e. The van der Waals surface area contributed by atoms with E-state index in [1.165, 1.54) is 42.6 Å². The third kappa shape index (κ3) is 5.80. The Balaban J connectivity index is 1.63. The highest BCUT2D eigenvalue weighted by Crippen LogP contribution is 2.34. The number of aromatic nitrogens is 4. The molecule has 0 radical (unpaired) electrons. The van der Waals surface area contributed by atoms with Crippen LogP contribution in [0.1, 0.15) is 33.5 Å². The minimum Gasteiger partial charge on any atom is -0.368 e. The van der Waals surface area contributed by atoms with E-state index in [0.29, 0.717) is 34.2 Å². The van der Waals surface area contributed by atoms with Gasteiger partial charge in [0.05, 0.1) is 33.4 Å². The van der Waals surface area contributed by atoms with E-state index in [2.05, 4.69) is 25.6 Å². The van der Waals surface area contributed by atoms with E-state index in [1.807, 2.05) is 20.8 Å². The SMILES string of the molecule is CCS(=O)(=O)c1ccc(NC(=O)Nc2cc(-c3nc(C(C)(C)C)[nH]c3-c3ccnc(N)n3)ccc2F)cc1. The standard InChI is InChI=1S/C26H28FN7O3S/c1-5-38(36,37)17-9-7-16(8-10-17)30-25(35)32-20-14-15(6-11-18(20)27)21-22(19-12-13-29-24(28)31-19)34-23(33-21)26(2,3)4/h6-14H,5H2,1-4H3,(H,33,34)(H2,28,29,31)(H2,30,32,35). The van der Waals surface area contributed by atoms with Gasteiger partial charge in [0, 0.05) is 22.9 Å². The third-order valence-electron chi connectivity index (χ3n) is 5.68. The van der Waals surface area contributed by atoms with Crippen molar-refractivity contribution in [2.45, 2.75) is 38.0 Å². The molecule has 10 nitrogen and oxygen atoms in total. The Morgan fingerprint density at radius 1 is 1.05 bits per heavy atom. The van der Waals surface area contributed by atoms with Gasteiger partial charge in [-0.2, -0.15) is 0 Å². The first-order valence-electron chi connectivity index (χ1n) is 11.8. The number of nitrogens with one attached hydrogen (secondary N) is 3. The van der Waals surface area contributed by atoms with Crippen LogP contribution in [0.5, 0.6) is 0 Å². The molecule has 2 aromatic heterocycles. The Bertz CT molecular complexity index is 1590. The maximum atomic E-state index is 14.7. The highest BCUT2D eigenvalue weighted by Gasteiger charge is 2.24. The number of carbonyl (C=O) groups is 1. The number of hydrogen-bond acceptors (Lipinski definition) is 7. The second-order valence-corrected chi connectivity index (χ2v) is 11.8. The van der Waals surface area contributed by atoms with Crippen molar-refractivity contribution in [2.75, 3.05) is 22.1 Å². The molecule has 0 fully saturated rings. The second kappa shape index (κ2) is 10.2. The Kier molecular flexibility index (Phi) is 7.18. The first-order valence-corrected chi connectivity index (χ1v) is 13.4. The van der Waals surface area contributed by atoms with Crippen molar-refractivity contribution in [3.63, 3.8) is 0 Å². The van der Waals surface area contributed by atoms with Crippen LogP contribution in [-0.4, -0.2) is 40.1 Å². The van der Waals surface area contributed by atoms with E-state index in [9.17, 15) is 17.6 Å². The summed E-state index contributed by atoms with van der Waals surface area (Å²) in [4.78, 5) is 29.1. The van der Waals surface area contributed by atoms with Gasteiger partial charge in [-0.25, -0.2) is 32.6 Å². The summed E-state index contributed by atoms with van der Waals surface area (Å²) in [6.07, 6.45) is 1.53. The molecule has 0 unspecified atom stereocenters. The molecule has 4 aromatic rings. The van der Waals surface area contributed by atoms with Gasteiger partial charge in [-0.05, 0) is 48.5 Å². The van der Waals surface area contributed by atoms with E-state index >= 15 is 0 Å². The number of hydrogen-bond donors (Lipinski definition) is 4. The van der Waals surface area contributed by atoms with Crippen LogP contribution < -0.4 is 16.4 Å². The van der Waals surface area contributed by atoms with Crippen LogP contribution in [0.3, 0.4) is 0 Å². The quantitative estimate of drug-likeness (QED) is 0.270. The largest absolute Gasteiger partial charge is 0.368 e. The molecule has 0 aliphatic carbocycles. The summed E-state index contributed by atoms with van der Waals surface area (Å²) in [7, 11) is -3.36. The number of nitrogens with two attached hydrogens (primary N) is 1. The monoisotopic (exact) mass is 537 g/mol. The van der Waals surface area contributed by atoms with E-state index in [1.54, 1.807) is 19.1 Å². The number of urea groups is 1. The lowest BCUT2D eigenvalue weighted by Crippen LogP contribution is -2.20. The van der Waals surface area contributed by atoms with Gasteiger partial charge in [0.15, 0.2) is 9.84 Å². The van der Waals surface area contributed by atoms with Gasteiger partial charge in [0.1, 0.15) is 11.6 Å². The molecule has 0 saturated heterocycles. The van der Waals surface area contributed by atoms with Crippen molar-refractivity contribution in [1.29, 1.82) is 0 Å². The number of amides is 2. The number of carbonyl (C=O) groups excluding carboxylic acids is 1. The number of aromatic amines is 1. The molecule has 0 atom stereocenters. The fourth-order valence-electron chi connectivity index (χ4n) is 3.60. The Labute approximate surface area is 219 Å². The van der Waals surface area contributed by atoms with Crippen LogP contribution in [0.2, 0.25) is 0 Å². The van der Waals surface area contributed by atoms with Crippen LogP contribution in [0.4, 0.5) is 26.5 Å². The minimum atomic E-state index is -3.36. The third-order valence-corrected chi connectivity index (χ3v) is 7.43. The van der Waals surface area contributed by atoms with Crippen LogP contribution in [0, 0.1) is 5.82 Å². The lowest BCUT2D eigenvalue weighted by Gasteiger charge is -2.14. The van der Waals surface area contributed by atoms with Gasteiger partial charge in [-0.3, -0.25) is 0 Å². The highest BCUT2D eigenvalue weighted by atomic mass is 32.2. The number of halogens is 1. The Hall–Kier alpha value is -4.32. The molecule has 2 aromatic carbocycles. The van der Waals surface area contributed by atoms with Crippen molar-refractivity contribution in [3.05, 3.63) is 66.4 Å². The number of rotatable bonds is 6. The van der Waals surface area contributed by atoms with Gasteiger partial charge < -0.3 is 21.4 Å². The predicted molar refractivity (Wildman–Crippen MR) is 145 cm³/mol. The molecular weight excluding hydrogens is 509 g/mol. The Morgan fingerprint density at radius 2 is 1.76 bits per heavy atom. The van der Waals surface area contributed by atoms with Crippen molar-refractivity contribution in [1.82, 2.24) is 19.9 Å². The first kappa shape index (κ1) is 26.7. The zero-order valence-electron chi connectivity index (χ0n) is 21.3. The van der Waals surface area contributed by atoms with Crippen LogP contribution >= 0.6 is 0 Å². The Morgan fingerprint density at radius 3 is 2.39 bits per heavy atom. The van der Waals surface area contributed by atoms with Crippen LogP contribution in [0.25, 0.3) is 22.6 Å². The molecule has 198 valence electrons. The van der Waals surface area contributed by atoms with Gasteiger partial charge >= 0.3 is 6.03 Å². The highest BCUT2D eigenvalue weighted by molar-refractivity contribution is 7.91. The summed E-state index contributed by atoms with van der Waals surface area (Å²) in [6.45, 7) is 7.55. The van der Waals surface area contributed by atoms with Gasteiger partial charge in [-0.15, -0.1) is 0 Å². The van der Waals surface area contributed by atoms with E-state index in [0.717, 1.165) is 0 Å². The molecule has 12 heteroatoms. The zero-order valence-corrected chi connectivity index (χ0v) is 22.1. The summed E-state index contributed by atoms with van der Waals surface area (Å²) >= 11 is 0. The molecule has 0 saturated carbocycles. The lowest BCUT2D eigenvalue weighted by molar-refractivity contribution is 0.262. The number of sulfone groups is 1.